The summed E-state index contributed by atoms with van der Waals surface area (Å²) in [5, 5.41) is 0. The number of hydrogen-bond acceptors (Lipinski definition) is 4. The minimum Gasteiger partial charge on any atom is -0.398 e. The zero-order valence-electron chi connectivity index (χ0n) is 11.2. The fraction of sp³-hybridized carbons (Fsp3) is 0.538. The third kappa shape index (κ3) is 5.16. The van der Waals surface area contributed by atoms with E-state index in [2.05, 4.69) is 13.8 Å². The molecule has 1 aromatic carbocycles. The highest BCUT2D eigenvalue weighted by Crippen LogP contribution is 2.20. The van der Waals surface area contributed by atoms with E-state index < -0.39 is 15.7 Å². The fourth-order valence-electron chi connectivity index (χ4n) is 1.50. The number of anilines is 1. The van der Waals surface area contributed by atoms with E-state index >= 15 is 0 Å². The van der Waals surface area contributed by atoms with Gasteiger partial charge in [-0.1, -0.05) is 13.8 Å². The van der Waals surface area contributed by atoms with Crippen LogP contribution < -0.4 is 5.73 Å². The van der Waals surface area contributed by atoms with Crippen molar-refractivity contribution in [2.24, 2.45) is 5.92 Å². The van der Waals surface area contributed by atoms with Crippen LogP contribution >= 0.6 is 0 Å². The molecule has 0 spiro atoms. The van der Waals surface area contributed by atoms with Crippen molar-refractivity contribution >= 4 is 15.5 Å². The lowest BCUT2D eigenvalue weighted by Crippen LogP contribution is -2.15. The zero-order valence-corrected chi connectivity index (χ0v) is 12.0. The highest BCUT2D eigenvalue weighted by molar-refractivity contribution is 7.91. The van der Waals surface area contributed by atoms with Gasteiger partial charge in [-0.05, 0) is 30.5 Å². The molecule has 6 heteroatoms. The third-order valence-electron chi connectivity index (χ3n) is 2.64. The normalized spacial score (nSPS) is 12.0. The number of rotatable bonds is 7. The molecule has 4 nitrogen and oxygen atoms in total. The highest BCUT2D eigenvalue weighted by atomic mass is 32.2. The van der Waals surface area contributed by atoms with Crippen LogP contribution in [0, 0.1) is 11.7 Å². The minimum absolute atomic E-state index is 0.0404. The van der Waals surface area contributed by atoms with Gasteiger partial charge in [-0.25, -0.2) is 12.8 Å². The summed E-state index contributed by atoms with van der Waals surface area (Å²) in [5.41, 5.74) is 5.45. The summed E-state index contributed by atoms with van der Waals surface area (Å²) < 4.78 is 42.1. The molecule has 19 heavy (non-hydrogen) atoms. The van der Waals surface area contributed by atoms with Crippen molar-refractivity contribution in [2.45, 2.75) is 25.2 Å². The Labute approximate surface area is 113 Å². The average Bonchev–Trinajstić information content (AvgIpc) is 2.27. The Kier molecular flexibility index (Phi) is 5.75. The number of nitrogen functional groups attached to an aromatic ring is 1. The first-order valence-electron chi connectivity index (χ1n) is 6.18. The number of ether oxygens (including phenoxy) is 1. The van der Waals surface area contributed by atoms with Gasteiger partial charge in [0.15, 0.2) is 9.84 Å². The summed E-state index contributed by atoms with van der Waals surface area (Å²) in [6.07, 6.45) is 0.888. The molecule has 0 fully saturated rings. The summed E-state index contributed by atoms with van der Waals surface area (Å²) in [7, 11) is -3.53. The van der Waals surface area contributed by atoms with Gasteiger partial charge in [-0.2, -0.15) is 0 Å². The number of sulfone groups is 1. The molecule has 0 aliphatic rings. The second-order valence-electron chi connectivity index (χ2n) is 4.80. The molecule has 1 rings (SSSR count). The molecule has 0 saturated carbocycles. The molecule has 0 heterocycles. The largest absolute Gasteiger partial charge is 0.398 e. The Hall–Kier alpha value is -1.14. The van der Waals surface area contributed by atoms with E-state index in [-0.39, 0.29) is 22.9 Å². The third-order valence-corrected chi connectivity index (χ3v) is 4.39. The number of nitrogens with two attached hydrogens (primary N) is 1. The molecule has 0 radical (unpaired) electrons. The van der Waals surface area contributed by atoms with Crippen molar-refractivity contribution < 1.29 is 17.5 Å². The molecule has 0 atom stereocenters. The lowest BCUT2D eigenvalue weighted by atomic mass is 10.1. The molecular formula is C13H20FNO3S. The Morgan fingerprint density at radius 2 is 2.00 bits per heavy atom. The van der Waals surface area contributed by atoms with Crippen molar-refractivity contribution in [3.8, 4) is 0 Å². The highest BCUT2D eigenvalue weighted by Gasteiger charge is 2.17. The Balaban J connectivity index is 2.56. The van der Waals surface area contributed by atoms with Crippen molar-refractivity contribution in [1.82, 2.24) is 0 Å². The minimum atomic E-state index is -3.53. The number of benzene rings is 1. The fourth-order valence-corrected chi connectivity index (χ4v) is 2.75. The van der Waals surface area contributed by atoms with Crippen LogP contribution in [0.5, 0.6) is 0 Å². The Morgan fingerprint density at radius 3 is 2.58 bits per heavy atom. The summed E-state index contributed by atoms with van der Waals surface area (Å²) in [6, 6.07) is 3.28. The number of hydrogen-bond donors (Lipinski definition) is 1. The topological polar surface area (TPSA) is 69.4 Å². The van der Waals surface area contributed by atoms with Crippen molar-refractivity contribution in [3.05, 3.63) is 24.0 Å². The van der Waals surface area contributed by atoms with Crippen LogP contribution in [-0.4, -0.2) is 27.4 Å². The average molecular weight is 289 g/mol. The van der Waals surface area contributed by atoms with Gasteiger partial charge in [-0.15, -0.1) is 0 Å². The first-order valence-corrected chi connectivity index (χ1v) is 7.83. The van der Waals surface area contributed by atoms with E-state index in [9.17, 15) is 12.8 Å². The van der Waals surface area contributed by atoms with Gasteiger partial charge in [-0.3, -0.25) is 0 Å². The maximum Gasteiger partial charge on any atom is 0.182 e. The van der Waals surface area contributed by atoms with Crippen LogP contribution in [0.1, 0.15) is 20.3 Å². The Morgan fingerprint density at radius 1 is 1.32 bits per heavy atom. The second kappa shape index (κ2) is 6.86. The summed E-state index contributed by atoms with van der Waals surface area (Å²) in [6.45, 7) is 4.79. The maximum atomic E-state index is 12.9. The van der Waals surface area contributed by atoms with E-state index in [1.54, 1.807) is 0 Å². The van der Waals surface area contributed by atoms with Crippen LogP contribution in [0.15, 0.2) is 23.1 Å². The summed E-state index contributed by atoms with van der Waals surface area (Å²) in [5.74, 6) is -0.185. The van der Waals surface area contributed by atoms with E-state index in [0.29, 0.717) is 12.5 Å². The van der Waals surface area contributed by atoms with E-state index in [1.165, 1.54) is 6.07 Å². The molecule has 0 aliphatic carbocycles. The predicted octanol–water partition coefficient (Wildman–Crippen LogP) is 2.24. The molecule has 108 valence electrons. The van der Waals surface area contributed by atoms with Gasteiger partial charge >= 0.3 is 0 Å². The molecular weight excluding hydrogens is 269 g/mol. The van der Waals surface area contributed by atoms with Crippen LogP contribution in [0.3, 0.4) is 0 Å². The molecule has 0 saturated heterocycles. The lowest BCUT2D eigenvalue weighted by molar-refractivity contribution is 0.137. The summed E-state index contributed by atoms with van der Waals surface area (Å²) >= 11 is 0. The second-order valence-corrected chi connectivity index (χ2v) is 6.87. The van der Waals surface area contributed by atoms with Crippen molar-refractivity contribution in [1.29, 1.82) is 0 Å². The zero-order chi connectivity index (χ0) is 14.5. The first kappa shape index (κ1) is 15.9. The van der Waals surface area contributed by atoms with Crippen LogP contribution in [0.2, 0.25) is 0 Å². The van der Waals surface area contributed by atoms with Crippen molar-refractivity contribution in [2.75, 3.05) is 24.7 Å². The van der Waals surface area contributed by atoms with Gasteiger partial charge in [0.05, 0.1) is 22.9 Å². The van der Waals surface area contributed by atoms with Gasteiger partial charge < -0.3 is 10.5 Å². The molecule has 0 aliphatic heterocycles. The molecule has 2 N–H and O–H groups in total. The van der Waals surface area contributed by atoms with Crippen LogP contribution in [-0.2, 0) is 14.6 Å². The quantitative estimate of drug-likeness (QED) is 0.475. The predicted molar refractivity (Wildman–Crippen MR) is 73.1 cm³/mol. The molecule has 0 aromatic heterocycles. The van der Waals surface area contributed by atoms with Gasteiger partial charge in [0.1, 0.15) is 5.82 Å². The maximum absolute atomic E-state index is 12.9. The smallest absolute Gasteiger partial charge is 0.182 e. The first-order chi connectivity index (χ1) is 8.83. The summed E-state index contributed by atoms with van der Waals surface area (Å²) in [4.78, 5) is -0.0404. The molecule has 1 aromatic rings. The monoisotopic (exact) mass is 289 g/mol. The van der Waals surface area contributed by atoms with E-state index in [4.69, 9.17) is 10.5 Å². The van der Waals surface area contributed by atoms with Crippen molar-refractivity contribution in [3.63, 3.8) is 0 Å². The van der Waals surface area contributed by atoms with Gasteiger partial charge in [0.2, 0.25) is 0 Å². The van der Waals surface area contributed by atoms with Crippen LogP contribution in [0.25, 0.3) is 0 Å². The number of halogens is 1. The SMILES string of the molecule is CC(C)CCOCCS(=O)(=O)c1ccc(F)cc1N. The molecule has 0 bridgehead atoms. The van der Waals surface area contributed by atoms with Crippen LogP contribution in [0.4, 0.5) is 10.1 Å². The standard InChI is InChI=1S/C13H20FNO3S/c1-10(2)5-6-18-7-8-19(16,17)13-4-3-11(14)9-12(13)15/h3-4,9-10H,5-8,15H2,1-2H3. The molecule has 0 unspecified atom stereocenters. The Bertz CT molecular complexity index is 515. The van der Waals surface area contributed by atoms with Gasteiger partial charge in [0.25, 0.3) is 0 Å². The lowest BCUT2D eigenvalue weighted by Gasteiger charge is -2.09. The van der Waals surface area contributed by atoms with Gasteiger partial charge in [0, 0.05) is 6.61 Å². The van der Waals surface area contributed by atoms with E-state index in [1.807, 2.05) is 0 Å². The van der Waals surface area contributed by atoms with E-state index in [0.717, 1.165) is 18.6 Å². The molecule has 0 amide bonds.